The second kappa shape index (κ2) is 50.4. The predicted molar refractivity (Wildman–Crippen MR) is 289 cm³/mol. The normalized spacial score (nSPS) is 13.4. The molecule has 9 nitrogen and oxygen atoms in total. The van der Waals surface area contributed by atoms with Gasteiger partial charge in [0, 0.05) is 12.8 Å². The summed E-state index contributed by atoms with van der Waals surface area (Å²) in [5.74, 6) is -0.801. The van der Waals surface area contributed by atoms with Crippen LogP contribution in [0.4, 0.5) is 0 Å². The standard InChI is InChI=1S/C58H112NO8P/c1-6-8-10-12-14-16-18-20-22-23-24-25-26-27-28-29-30-31-32-33-34-35-36-37-39-40-42-44-46-48-50-57(60)64-54-56(55-66-68(62,63)65-53-52-59(3,4)5)67-58(61)51-49-47-45-43-41-38-21-19-17-15-13-11-9-7-2/h13,15,19,21,56H,6-12,14,16-18,20,22-55H2,1-5H3/p+1/b15-13-,21-19-. The summed E-state index contributed by atoms with van der Waals surface area (Å²) in [6.07, 6.45) is 59.8. The highest BCUT2D eigenvalue weighted by Gasteiger charge is 2.27. The lowest BCUT2D eigenvalue weighted by Gasteiger charge is -2.24. The summed E-state index contributed by atoms with van der Waals surface area (Å²) in [7, 11) is 1.48. The zero-order chi connectivity index (χ0) is 49.9. The van der Waals surface area contributed by atoms with Gasteiger partial charge < -0.3 is 18.9 Å². The van der Waals surface area contributed by atoms with Gasteiger partial charge >= 0.3 is 19.8 Å². The minimum atomic E-state index is -4.38. The number of quaternary nitrogens is 1. The van der Waals surface area contributed by atoms with Gasteiger partial charge in [0.25, 0.3) is 0 Å². The van der Waals surface area contributed by atoms with Gasteiger partial charge in [0.1, 0.15) is 19.8 Å². The van der Waals surface area contributed by atoms with Crippen LogP contribution in [0.3, 0.4) is 0 Å². The number of unbranched alkanes of at least 4 members (excludes halogenated alkanes) is 36. The largest absolute Gasteiger partial charge is 0.472 e. The maximum Gasteiger partial charge on any atom is 0.472 e. The fourth-order valence-corrected chi connectivity index (χ4v) is 9.19. The number of rotatable bonds is 54. The molecule has 0 heterocycles. The van der Waals surface area contributed by atoms with Crippen molar-refractivity contribution >= 4 is 19.8 Å². The smallest absolute Gasteiger partial charge is 0.462 e. The van der Waals surface area contributed by atoms with E-state index in [1.807, 2.05) is 21.1 Å². The molecule has 0 radical (unpaired) electrons. The van der Waals surface area contributed by atoms with Crippen LogP contribution in [0.2, 0.25) is 0 Å². The van der Waals surface area contributed by atoms with E-state index >= 15 is 0 Å². The van der Waals surface area contributed by atoms with Crippen LogP contribution in [-0.2, 0) is 32.7 Å². The topological polar surface area (TPSA) is 108 Å². The zero-order valence-electron chi connectivity index (χ0n) is 45.6. The van der Waals surface area contributed by atoms with Crippen molar-refractivity contribution in [1.82, 2.24) is 0 Å². The maximum atomic E-state index is 12.7. The highest BCUT2D eigenvalue weighted by atomic mass is 31.2. The molecular formula is C58H113NO8P+. The third-order valence-corrected chi connectivity index (χ3v) is 14.0. The summed E-state index contributed by atoms with van der Waals surface area (Å²) in [5, 5.41) is 0. The number of allylic oxidation sites excluding steroid dienone is 4. The fourth-order valence-electron chi connectivity index (χ4n) is 8.45. The van der Waals surface area contributed by atoms with E-state index in [0.29, 0.717) is 23.9 Å². The Morgan fingerprint density at radius 3 is 1.21 bits per heavy atom. The molecule has 1 N–H and O–H groups in total. The quantitative estimate of drug-likeness (QED) is 0.0211. The van der Waals surface area contributed by atoms with Crippen LogP contribution in [0, 0.1) is 0 Å². The number of phosphoric acid groups is 1. The average Bonchev–Trinajstić information content (AvgIpc) is 3.30. The highest BCUT2D eigenvalue weighted by Crippen LogP contribution is 2.43. The first-order chi connectivity index (χ1) is 33.0. The Kier molecular flexibility index (Phi) is 49.3. The molecule has 68 heavy (non-hydrogen) atoms. The van der Waals surface area contributed by atoms with E-state index in [1.165, 1.54) is 186 Å². The van der Waals surface area contributed by atoms with Gasteiger partial charge in [0.05, 0.1) is 27.7 Å². The molecule has 0 saturated carbocycles. The van der Waals surface area contributed by atoms with Crippen molar-refractivity contribution in [3.8, 4) is 0 Å². The lowest BCUT2D eigenvalue weighted by Crippen LogP contribution is -2.37. The third-order valence-electron chi connectivity index (χ3n) is 13.0. The monoisotopic (exact) mass is 983 g/mol. The Hall–Kier alpha value is -1.51. The van der Waals surface area contributed by atoms with Gasteiger partial charge in [0.2, 0.25) is 0 Å². The first kappa shape index (κ1) is 66.5. The van der Waals surface area contributed by atoms with Crippen LogP contribution in [-0.4, -0.2) is 74.9 Å². The van der Waals surface area contributed by atoms with Crippen molar-refractivity contribution in [2.75, 3.05) is 47.5 Å². The van der Waals surface area contributed by atoms with E-state index in [9.17, 15) is 19.0 Å². The molecule has 10 heteroatoms. The molecule has 0 aliphatic carbocycles. The van der Waals surface area contributed by atoms with Crippen molar-refractivity contribution in [3.05, 3.63) is 24.3 Å². The molecule has 0 aromatic heterocycles. The zero-order valence-corrected chi connectivity index (χ0v) is 46.5. The second-order valence-electron chi connectivity index (χ2n) is 21.0. The summed E-state index contributed by atoms with van der Waals surface area (Å²) in [6.45, 7) is 4.41. The van der Waals surface area contributed by atoms with E-state index in [1.54, 1.807) is 0 Å². The van der Waals surface area contributed by atoms with Crippen molar-refractivity contribution in [2.45, 2.75) is 290 Å². The van der Waals surface area contributed by atoms with E-state index < -0.39 is 26.5 Å². The molecule has 0 aliphatic rings. The summed E-state index contributed by atoms with van der Waals surface area (Å²) < 4.78 is 34.5. The highest BCUT2D eigenvalue weighted by molar-refractivity contribution is 7.47. The van der Waals surface area contributed by atoms with Crippen LogP contribution in [0.5, 0.6) is 0 Å². The van der Waals surface area contributed by atoms with Gasteiger partial charge in [-0.05, 0) is 38.5 Å². The fraction of sp³-hybridized carbons (Fsp3) is 0.897. The van der Waals surface area contributed by atoms with Crippen LogP contribution < -0.4 is 0 Å². The number of hydrogen-bond acceptors (Lipinski definition) is 7. The molecule has 0 aromatic carbocycles. The van der Waals surface area contributed by atoms with Crippen LogP contribution in [0.1, 0.15) is 284 Å². The number of nitrogens with zero attached hydrogens (tertiary/aromatic N) is 1. The molecule has 0 amide bonds. The van der Waals surface area contributed by atoms with Gasteiger partial charge in [-0.1, -0.05) is 256 Å². The average molecular weight is 984 g/mol. The van der Waals surface area contributed by atoms with Crippen LogP contribution in [0.15, 0.2) is 24.3 Å². The molecule has 2 atom stereocenters. The minimum Gasteiger partial charge on any atom is -0.462 e. The van der Waals surface area contributed by atoms with E-state index in [2.05, 4.69) is 38.2 Å². The van der Waals surface area contributed by atoms with Crippen LogP contribution in [0.25, 0.3) is 0 Å². The number of hydrogen-bond donors (Lipinski definition) is 1. The lowest BCUT2D eigenvalue weighted by molar-refractivity contribution is -0.870. The molecule has 0 rings (SSSR count). The first-order valence-corrected chi connectivity index (χ1v) is 30.6. The number of esters is 2. The van der Waals surface area contributed by atoms with Gasteiger partial charge in [-0.15, -0.1) is 0 Å². The summed E-state index contributed by atoms with van der Waals surface area (Å²) in [4.78, 5) is 35.6. The van der Waals surface area contributed by atoms with Crippen LogP contribution >= 0.6 is 7.82 Å². The van der Waals surface area contributed by atoms with Gasteiger partial charge in [-0.2, -0.15) is 0 Å². The molecular weight excluding hydrogens is 870 g/mol. The van der Waals surface area contributed by atoms with E-state index in [-0.39, 0.29) is 25.6 Å². The predicted octanol–water partition coefficient (Wildman–Crippen LogP) is 17.8. The summed E-state index contributed by atoms with van der Waals surface area (Å²) in [6, 6.07) is 0. The number of carbonyl (C=O) groups is 2. The first-order valence-electron chi connectivity index (χ1n) is 29.1. The molecule has 0 saturated heterocycles. The summed E-state index contributed by atoms with van der Waals surface area (Å²) in [5.41, 5.74) is 0. The van der Waals surface area contributed by atoms with Crippen molar-refractivity contribution in [1.29, 1.82) is 0 Å². The maximum absolute atomic E-state index is 12.7. The second-order valence-corrected chi connectivity index (χ2v) is 22.5. The molecule has 0 aliphatic heterocycles. The Balaban J connectivity index is 4.00. The SMILES string of the molecule is CCCC/C=C\C/C=C\CCCCCCCC(=O)OC(COC(=O)CCCCCCCCCCCCCCCCCCCCCCCCCCCCCCCC)COP(=O)(O)OCC[N+](C)(C)C. The molecule has 0 fully saturated rings. The van der Waals surface area contributed by atoms with Gasteiger partial charge in [-0.3, -0.25) is 18.6 Å². The molecule has 0 spiro atoms. The lowest BCUT2D eigenvalue weighted by atomic mass is 10.0. The number of ether oxygens (including phenoxy) is 2. The van der Waals surface area contributed by atoms with E-state index in [0.717, 1.165) is 64.2 Å². The molecule has 0 aromatic rings. The molecule has 2 unspecified atom stereocenters. The Labute approximate surface area is 421 Å². The number of carbonyl (C=O) groups excluding carboxylic acids is 2. The van der Waals surface area contributed by atoms with Crippen molar-refractivity contribution in [2.24, 2.45) is 0 Å². The number of phosphoric ester groups is 1. The van der Waals surface area contributed by atoms with Gasteiger partial charge in [-0.25, -0.2) is 4.57 Å². The Morgan fingerprint density at radius 1 is 0.456 bits per heavy atom. The van der Waals surface area contributed by atoms with Crippen molar-refractivity contribution in [3.63, 3.8) is 0 Å². The van der Waals surface area contributed by atoms with E-state index in [4.69, 9.17) is 18.5 Å². The van der Waals surface area contributed by atoms with Gasteiger partial charge in [0.15, 0.2) is 6.10 Å². The number of likely N-dealkylation sites (N-methyl/N-ethyl adjacent to an activating group) is 1. The summed E-state index contributed by atoms with van der Waals surface area (Å²) >= 11 is 0. The Bertz CT molecular complexity index is 1200. The van der Waals surface area contributed by atoms with Crippen molar-refractivity contribution < 1.29 is 42.1 Å². The third kappa shape index (κ3) is 53.8. The molecule has 402 valence electrons. The minimum absolute atomic E-state index is 0.0309. The molecule has 0 bridgehead atoms. The Morgan fingerprint density at radius 2 is 0.809 bits per heavy atom.